The molecule has 0 unspecified atom stereocenters. The molecule has 12 heteroatoms. The third-order valence-corrected chi connectivity index (χ3v) is 4.20. The van der Waals surface area contributed by atoms with Crippen LogP contribution in [0.5, 0.6) is 0 Å². The molecule has 0 aromatic heterocycles. The van der Waals surface area contributed by atoms with Gasteiger partial charge in [-0.25, -0.2) is 9.59 Å². The molecule has 0 aliphatic carbocycles. The van der Waals surface area contributed by atoms with Crippen molar-refractivity contribution < 1.29 is 48.3 Å². The number of carbonyl (C=O) groups is 4. The van der Waals surface area contributed by atoms with Gasteiger partial charge in [0.1, 0.15) is 23.0 Å². The second kappa shape index (κ2) is 11.3. The van der Waals surface area contributed by atoms with Crippen LogP contribution in [0, 0.1) is 11.8 Å². The third-order valence-electron chi connectivity index (χ3n) is 4.20. The van der Waals surface area contributed by atoms with E-state index in [-0.39, 0.29) is 26.4 Å². The number of ether oxygens (including phenoxy) is 4. The Balaban J connectivity index is 0.000000320. The van der Waals surface area contributed by atoms with Gasteiger partial charge in [0.2, 0.25) is 0 Å². The Morgan fingerprint density at radius 2 is 1.00 bits per heavy atom. The van der Waals surface area contributed by atoms with Crippen molar-refractivity contribution in [1.82, 2.24) is 10.6 Å². The number of hydrogen-bond donors (Lipinski definition) is 4. The van der Waals surface area contributed by atoms with Crippen LogP contribution in [0.1, 0.15) is 41.5 Å². The molecule has 184 valence electrons. The number of carboxylic acids is 2. The van der Waals surface area contributed by atoms with Crippen LogP contribution in [0.15, 0.2) is 0 Å². The molecule has 2 aliphatic rings. The second-order valence-corrected chi connectivity index (χ2v) is 9.47. The molecule has 0 spiro atoms. The summed E-state index contributed by atoms with van der Waals surface area (Å²) in [4.78, 5) is 44.4. The molecule has 0 bridgehead atoms. The highest BCUT2D eigenvalue weighted by Gasteiger charge is 2.37. The molecule has 2 aliphatic heterocycles. The summed E-state index contributed by atoms with van der Waals surface area (Å²) in [6, 6.07) is -1.04. The minimum absolute atomic E-state index is 0.121. The van der Waals surface area contributed by atoms with E-state index in [0.717, 1.165) is 0 Å². The number of carbonyl (C=O) groups excluding carboxylic acids is 2. The predicted molar refractivity (Wildman–Crippen MR) is 110 cm³/mol. The van der Waals surface area contributed by atoms with E-state index in [1.807, 2.05) is 0 Å². The molecule has 32 heavy (non-hydrogen) atoms. The van der Waals surface area contributed by atoms with E-state index in [9.17, 15) is 19.2 Å². The van der Waals surface area contributed by atoms with Crippen LogP contribution in [0.4, 0.5) is 9.59 Å². The van der Waals surface area contributed by atoms with Crippen LogP contribution in [-0.2, 0) is 28.5 Å². The first-order valence-electron chi connectivity index (χ1n) is 10.2. The van der Waals surface area contributed by atoms with Crippen molar-refractivity contribution in [2.24, 2.45) is 11.8 Å². The third kappa shape index (κ3) is 10.1. The smallest absolute Gasteiger partial charge is 0.407 e. The van der Waals surface area contributed by atoms with Gasteiger partial charge in [-0.05, 0) is 41.5 Å². The standard InChI is InChI=1S/2C10H17NO5/c2*1-10(2,3)16-9(14)11-7-5-15-4-6(7)8(12)13/h2*6-7H,4-5H2,1-3H3,(H,11,14)(H,12,13)/t2*6-,7+/m10/s1. The van der Waals surface area contributed by atoms with Gasteiger partial charge in [0.15, 0.2) is 0 Å². The lowest BCUT2D eigenvalue weighted by molar-refractivity contribution is -0.143. The van der Waals surface area contributed by atoms with Gasteiger partial charge in [-0.3, -0.25) is 9.59 Å². The highest BCUT2D eigenvalue weighted by atomic mass is 16.6. The fourth-order valence-electron chi connectivity index (χ4n) is 2.80. The van der Waals surface area contributed by atoms with Crippen LogP contribution in [0.25, 0.3) is 0 Å². The maximum atomic E-state index is 11.4. The van der Waals surface area contributed by atoms with Crippen LogP contribution < -0.4 is 10.6 Å². The average molecular weight is 462 g/mol. The van der Waals surface area contributed by atoms with Crippen molar-refractivity contribution in [2.75, 3.05) is 26.4 Å². The molecule has 2 amide bonds. The second-order valence-electron chi connectivity index (χ2n) is 9.47. The monoisotopic (exact) mass is 462 g/mol. The van der Waals surface area contributed by atoms with E-state index in [0.29, 0.717) is 0 Å². The summed E-state index contributed by atoms with van der Waals surface area (Å²) in [7, 11) is 0. The van der Waals surface area contributed by atoms with E-state index in [2.05, 4.69) is 10.6 Å². The van der Waals surface area contributed by atoms with Crippen molar-refractivity contribution in [1.29, 1.82) is 0 Å². The normalized spacial score (nSPS) is 25.2. The Kier molecular flexibility index (Phi) is 9.70. The zero-order valence-corrected chi connectivity index (χ0v) is 19.3. The topological polar surface area (TPSA) is 170 Å². The molecule has 4 N–H and O–H groups in total. The van der Waals surface area contributed by atoms with Crippen molar-refractivity contribution >= 4 is 24.1 Å². The molecule has 2 heterocycles. The maximum Gasteiger partial charge on any atom is 0.407 e. The zero-order valence-electron chi connectivity index (χ0n) is 19.3. The SMILES string of the molecule is CC(C)(C)OC(=O)N[C@@H]1COC[C@@H]1C(=O)O.CC(C)(C)OC(=O)N[C@H]1COC[C@H]1C(=O)O. The van der Waals surface area contributed by atoms with Crippen molar-refractivity contribution in [3.8, 4) is 0 Å². The summed E-state index contributed by atoms with van der Waals surface area (Å²) in [5.41, 5.74) is -1.19. The highest BCUT2D eigenvalue weighted by molar-refractivity contribution is 5.75. The molecular formula is C20H34N2O10. The molecule has 0 saturated carbocycles. The lowest BCUT2D eigenvalue weighted by Gasteiger charge is -2.22. The Morgan fingerprint density at radius 1 is 0.688 bits per heavy atom. The molecule has 2 saturated heterocycles. The van der Waals surface area contributed by atoms with Gasteiger partial charge in [-0.15, -0.1) is 0 Å². The first kappa shape index (κ1) is 27.4. The number of aliphatic carboxylic acids is 2. The maximum absolute atomic E-state index is 11.4. The Morgan fingerprint density at radius 3 is 1.25 bits per heavy atom. The number of carboxylic acid groups (broad SMARTS) is 2. The van der Waals surface area contributed by atoms with E-state index in [1.54, 1.807) is 41.5 Å². The quantitative estimate of drug-likeness (QED) is 0.476. The molecule has 2 fully saturated rings. The van der Waals surface area contributed by atoms with Gasteiger partial charge in [0, 0.05) is 0 Å². The van der Waals surface area contributed by atoms with E-state index >= 15 is 0 Å². The minimum Gasteiger partial charge on any atom is -0.481 e. The number of nitrogens with one attached hydrogen (secondary N) is 2. The summed E-state index contributed by atoms with van der Waals surface area (Å²) < 4.78 is 20.1. The fraction of sp³-hybridized carbons (Fsp3) is 0.800. The fourth-order valence-corrected chi connectivity index (χ4v) is 2.80. The summed E-state index contributed by atoms with van der Waals surface area (Å²) in [5, 5.41) is 22.7. The Bertz CT molecular complexity index is 625. The minimum atomic E-state index is -0.974. The van der Waals surface area contributed by atoms with Crippen LogP contribution in [0.3, 0.4) is 0 Å². The summed E-state index contributed by atoms with van der Waals surface area (Å²) >= 11 is 0. The largest absolute Gasteiger partial charge is 0.481 e. The molecule has 0 aromatic rings. The molecule has 0 aromatic carbocycles. The van der Waals surface area contributed by atoms with Crippen LogP contribution in [0.2, 0.25) is 0 Å². The summed E-state index contributed by atoms with van der Waals surface area (Å²) in [5.74, 6) is -3.35. The van der Waals surface area contributed by atoms with Gasteiger partial charge < -0.3 is 39.8 Å². The summed E-state index contributed by atoms with van der Waals surface area (Å²) in [6.07, 6.45) is -1.23. The zero-order chi connectivity index (χ0) is 24.7. The van der Waals surface area contributed by atoms with Crippen LogP contribution >= 0.6 is 0 Å². The highest BCUT2D eigenvalue weighted by Crippen LogP contribution is 2.16. The van der Waals surface area contributed by atoms with Gasteiger partial charge >= 0.3 is 24.1 Å². The number of rotatable bonds is 4. The number of amides is 2. The lowest BCUT2D eigenvalue weighted by Crippen LogP contribution is -2.44. The van der Waals surface area contributed by atoms with E-state index in [1.165, 1.54) is 0 Å². The first-order chi connectivity index (χ1) is 14.6. The Hall–Kier alpha value is -2.60. The number of hydrogen-bond acceptors (Lipinski definition) is 8. The summed E-state index contributed by atoms with van der Waals surface area (Å²) in [6.45, 7) is 11.1. The van der Waals surface area contributed by atoms with E-state index in [4.69, 9.17) is 29.2 Å². The molecule has 0 radical (unpaired) electrons. The average Bonchev–Trinajstić information content (AvgIpc) is 3.20. The van der Waals surface area contributed by atoms with Gasteiger partial charge in [-0.1, -0.05) is 0 Å². The van der Waals surface area contributed by atoms with Crippen molar-refractivity contribution in [3.63, 3.8) is 0 Å². The lowest BCUT2D eigenvalue weighted by atomic mass is 10.0. The molecule has 2 rings (SSSR count). The number of alkyl carbamates (subject to hydrolysis) is 2. The molecule has 4 atom stereocenters. The first-order valence-corrected chi connectivity index (χ1v) is 10.2. The van der Waals surface area contributed by atoms with Crippen molar-refractivity contribution in [3.05, 3.63) is 0 Å². The molecular weight excluding hydrogens is 428 g/mol. The van der Waals surface area contributed by atoms with Crippen LogP contribution in [-0.4, -0.2) is 84.1 Å². The van der Waals surface area contributed by atoms with Gasteiger partial charge in [-0.2, -0.15) is 0 Å². The Labute approximate surface area is 186 Å². The van der Waals surface area contributed by atoms with Gasteiger partial charge in [0.05, 0.1) is 38.5 Å². The van der Waals surface area contributed by atoms with Crippen molar-refractivity contribution in [2.45, 2.75) is 64.8 Å². The van der Waals surface area contributed by atoms with Gasteiger partial charge in [0.25, 0.3) is 0 Å². The molecule has 12 nitrogen and oxygen atoms in total. The van der Waals surface area contributed by atoms with E-state index < -0.39 is 59.2 Å². The predicted octanol–water partition coefficient (Wildman–Crippen LogP) is 1.22.